The van der Waals surface area contributed by atoms with Gasteiger partial charge in [0, 0.05) is 36.6 Å². The van der Waals surface area contributed by atoms with Crippen LogP contribution in [-0.2, 0) is 0 Å². The Hall–Kier alpha value is -2.60. The number of nitrogens with one attached hydrogen (secondary N) is 1. The van der Waals surface area contributed by atoms with Crippen LogP contribution in [-0.4, -0.2) is 24.9 Å². The highest BCUT2D eigenvalue weighted by atomic mass is 35.5. The molecule has 22 heavy (non-hydrogen) atoms. The van der Waals surface area contributed by atoms with Crippen molar-refractivity contribution in [3.8, 4) is 0 Å². The van der Waals surface area contributed by atoms with Gasteiger partial charge < -0.3 is 10.2 Å². The summed E-state index contributed by atoms with van der Waals surface area (Å²) in [6, 6.07) is 11.1. The maximum absolute atomic E-state index is 12.2. The highest BCUT2D eigenvalue weighted by molar-refractivity contribution is 6.31. The number of nitro benzene ring substituents is 1. The molecule has 0 unspecified atom stereocenters. The maximum atomic E-state index is 12.2. The summed E-state index contributed by atoms with van der Waals surface area (Å²) in [5.41, 5.74) is 1.18. The van der Waals surface area contributed by atoms with E-state index in [0.717, 1.165) is 11.8 Å². The van der Waals surface area contributed by atoms with Gasteiger partial charge in [-0.2, -0.15) is 0 Å². The molecule has 114 valence electrons. The summed E-state index contributed by atoms with van der Waals surface area (Å²) in [5.74, 6) is -0.555. The number of amides is 1. The molecule has 0 aliphatic rings. The summed E-state index contributed by atoms with van der Waals surface area (Å²) < 4.78 is 0. The third kappa shape index (κ3) is 3.53. The second-order valence-corrected chi connectivity index (χ2v) is 5.25. The van der Waals surface area contributed by atoms with E-state index in [2.05, 4.69) is 5.32 Å². The Kier molecular flexibility index (Phi) is 4.62. The summed E-state index contributed by atoms with van der Waals surface area (Å²) >= 11 is 5.73. The van der Waals surface area contributed by atoms with Gasteiger partial charge in [-0.3, -0.25) is 14.9 Å². The van der Waals surface area contributed by atoms with E-state index in [1.54, 1.807) is 12.1 Å². The van der Waals surface area contributed by atoms with Crippen LogP contribution in [0.25, 0.3) is 0 Å². The number of nitrogens with zero attached hydrogens (tertiary/aromatic N) is 2. The van der Waals surface area contributed by atoms with E-state index in [1.165, 1.54) is 12.1 Å². The van der Waals surface area contributed by atoms with E-state index in [4.69, 9.17) is 11.6 Å². The largest absolute Gasteiger partial charge is 0.378 e. The molecule has 0 heterocycles. The lowest BCUT2D eigenvalue weighted by Crippen LogP contribution is -2.14. The Morgan fingerprint density at radius 1 is 1.18 bits per heavy atom. The Balaban J connectivity index is 2.24. The molecule has 0 aromatic heterocycles. The van der Waals surface area contributed by atoms with E-state index in [9.17, 15) is 14.9 Å². The van der Waals surface area contributed by atoms with Crippen molar-refractivity contribution in [3.05, 3.63) is 63.2 Å². The van der Waals surface area contributed by atoms with Gasteiger partial charge in [0.05, 0.1) is 4.92 Å². The third-order valence-electron chi connectivity index (χ3n) is 3.04. The lowest BCUT2D eigenvalue weighted by molar-refractivity contribution is -0.385. The number of halogens is 1. The van der Waals surface area contributed by atoms with Gasteiger partial charge in [0.25, 0.3) is 11.6 Å². The van der Waals surface area contributed by atoms with Gasteiger partial charge in [-0.05, 0) is 36.4 Å². The molecule has 1 N–H and O–H groups in total. The second kappa shape index (κ2) is 6.44. The Bertz CT molecular complexity index is 714. The van der Waals surface area contributed by atoms with E-state index >= 15 is 0 Å². The van der Waals surface area contributed by atoms with Crippen LogP contribution in [0.1, 0.15) is 10.4 Å². The summed E-state index contributed by atoms with van der Waals surface area (Å²) in [5, 5.41) is 13.9. The summed E-state index contributed by atoms with van der Waals surface area (Å²) in [4.78, 5) is 24.5. The van der Waals surface area contributed by atoms with Gasteiger partial charge in [-0.25, -0.2) is 0 Å². The first-order chi connectivity index (χ1) is 10.4. The van der Waals surface area contributed by atoms with Crippen LogP contribution in [0.15, 0.2) is 42.5 Å². The summed E-state index contributed by atoms with van der Waals surface area (Å²) in [7, 11) is 3.81. The van der Waals surface area contributed by atoms with Gasteiger partial charge in [0.15, 0.2) is 0 Å². The average molecular weight is 320 g/mol. The number of hydrogen-bond donors (Lipinski definition) is 1. The minimum absolute atomic E-state index is 0.0360. The van der Waals surface area contributed by atoms with Gasteiger partial charge in [0.1, 0.15) is 5.56 Å². The van der Waals surface area contributed by atoms with Crippen molar-refractivity contribution in [3.63, 3.8) is 0 Å². The highest BCUT2D eigenvalue weighted by Gasteiger charge is 2.20. The molecule has 0 saturated heterocycles. The lowest BCUT2D eigenvalue weighted by atomic mass is 10.1. The van der Waals surface area contributed by atoms with E-state index in [0.29, 0.717) is 5.69 Å². The first-order valence-corrected chi connectivity index (χ1v) is 6.79. The first kappa shape index (κ1) is 15.8. The van der Waals surface area contributed by atoms with Crippen LogP contribution in [0.5, 0.6) is 0 Å². The Morgan fingerprint density at radius 2 is 1.82 bits per heavy atom. The molecule has 7 heteroatoms. The fourth-order valence-electron chi connectivity index (χ4n) is 1.89. The number of rotatable bonds is 4. The minimum atomic E-state index is -0.629. The quantitative estimate of drug-likeness (QED) is 0.690. The molecule has 0 fully saturated rings. The monoisotopic (exact) mass is 319 g/mol. The number of hydrogen-bond acceptors (Lipinski definition) is 4. The summed E-state index contributed by atoms with van der Waals surface area (Å²) in [6.45, 7) is 0. The SMILES string of the molecule is CN(C)c1ccc(NC(=O)c2ccc(Cl)cc2[N+](=O)[O-])cc1. The fourth-order valence-corrected chi connectivity index (χ4v) is 2.06. The van der Waals surface area contributed by atoms with Gasteiger partial charge in [0.2, 0.25) is 0 Å². The van der Waals surface area contributed by atoms with Crippen LogP contribution in [0, 0.1) is 10.1 Å². The molecule has 2 rings (SSSR count). The zero-order chi connectivity index (χ0) is 16.3. The molecule has 2 aromatic carbocycles. The number of nitro groups is 1. The molecule has 2 aromatic rings. The average Bonchev–Trinajstić information content (AvgIpc) is 2.47. The third-order valence-corrected chi connectivity index (χ3v) is 3.28. The van der Waals surface area contributed by atoms with Crippen molar-refractivity contribution in [1.82, 2.24) is 0 Å². The van der Waals surface area contributed by atoms with Crippen LogP contribution in [0.2, 0.25) is 5.02 Å². The lowest BCUT2D eigenvalue weighted by Gasteiger charge is -2.13. The Labute approximate surface area is 132 Å². The smallest absolute Gasteiger partial charge is 0.283 e. The fraction of sp³-hybridized carbons (Fsp3) is 0.133. The predicted octanol–water partition coefficient (Wildman–Crippen LogP) is 3.57. The van der Waals surface area contributed by atoms with Gasteiger partial charge in [-0.15, -0.1) is 0 Å². The maximum Gasteiger partial charge on any atom is 0.283 e. The predicted molar refractivity (Wildman–Crippen MR) is 86.8 cm³/mol. The zero-order valence-corrected chi connectivity index (χ0v) is 12.8. The van der Waals surface area contributed by atoms with E-state index in [1.807, 2.05) is 31.1 Å². The van der Waals surface area contributed by atoms with Crippen molar-refractivity contribution in [2.24, 2.45) is 0 Å². The second-order valence-electron chi connectivity index (χ2n) is 4.81. The number of carbonyl (C=O) groups is 1. The normalized spacial score (nSPS) is 10.1. The Morgan fingerprint density at radius 3 is 2.36 bits per heavy atom. The van der Waals surface area contributed by atoms with E-state index < -0.39 is 10.8 Å². The molecule has 0 bridgehead atoms. The molecule has 0 spiro atoms. The molecule has 0 saturated carbocycles. The molecular weight excluding hydrogens is 306 g/mol. The molecule has 0 atom stereocenters. The topological polar surface area (TPSA) is 75.5 Å². The highest BCUT2D eigenvalue weighted by Crippen LogP contribution is 2.24. The number of benzene rings is 2. The molecule has 6 nitrogen and oxygen atoms in total. The van der Waals surface area contributed by atoms with Gasteiger partial charge in [-0.1, -0.05) is 11.6 Å². The van der Waals surface area contributed by atoms with Crippen LogP contribution in [0.4, 0.5) is 17.1 Å². The van der Waals surface area contributed by atoms with Crippen LogP contribution in [0.3, 0.4) is 0 Å². The van der Waals surface area contributed by atoms with Crippen LogP contribution < -0.4 is 10.2 Å². The first-order valence-electron chi connectivity index (χ1n) is 6.41. The van der Waals surface area contributed by atoms with Crippen molar-refractivity contribution in [2.45, 2.75) is 0 Å². The molecule has 0 aliphatic heterocycles. The van der Waals surface area contributed by atoms with Gasteiger partial charge >= 0.3 is 0 Å². The zero-order valence-electron chi connectivity index (χ0n) is 12.0. The van der Waals surface area contributed by atoms with Crippen LogP contribution >= 0.6 is 11.6 Å². The molecule has 0 aliphatic carbocycles. The molecular formula is C15H14ClN3O3. The standard InChI is InChI=1S/C15H14ClN3O3/c1-18(2)12-6-4-11(5-7-12)17-15(20)13-8-3-10(16)9-14(13)19(21)22/h3-9H,1-2H3,(H,17,20). The van der Waals surface area contributed by atoms with Crippen molar-refractivity contribution in [2.75, 3.05) is 24.3 Å². The number of carbonyl (C=O) groups excluding carboxylic acids is 1. The summed E-state index contributed by atoms with van der Waals surface area (Å²) in [6.07, 6.45) is 0. The molecule has 1 amide bonds. The molecule has 0 radical (unpaired) electrons. The minimum Gasteiger partial charge on any atom is -0.378 e. The van der Waals surface area contributed by atoms with Crippen molar-refractivity contribution in [1.29, 1.82) is 0 Å². The van der Waals surface area contributed by atoms with Crippen molar-refractivity contribution >= 4 is 34.6 Å². The van der Waals surface area contributed by atoms with Crippen molar-refractivity contribution < 1.29 is 9.72 Å². The van der Waals surface area contributed by atoms with E-state index in [-0.39, 0.29) is 16.3 Å². The number of anilines is 2.